The standard InChI is InChI=1S/C24H29F3N4O/c1-28-22(29-13-10-17-6-4-7-18(14-17)21(32)31(2)3)30-16-23(11-12-23)19-8-5-9-20(15-19)24(25,26)27/h4-9,14-15H,10-13,16H2,1-3H3,(H2,28,29,30). The summed E-state index contributed by atoms with van der Waals surface area (Å²) in [5, 5.41) is 6.50. The fourth-order valence-corrected chi connectivity index (χ4v) is 3.66. The maximum Gasteiger partial charge on any atom is 0.416 e. The number of hydrogen-bond acceptors (Lipinski definition) is 2. The van der Waals surface area contributed by atoms with Gasteiger partial charge in [0.2, 0.25) is 0 Å². The molecule has 0 bridgehead atoms. The molecule has 2 aromatic carbocycles. The van der Waals surface area contributed by atoms with Gasteiger partial charge in [-0.25, -0.2) is 0 Å². The summed E-state index contributed by atoms with van der Waals surface area (Å²) in [6.07, 6.45) is -1.96. The minimum atomic E-state index is -4.34. The fraction of sp³-hybridized carbons (Fsp3) is 0.417. The van der Waals surface area contributed by atoms with Crippen molar-refractivity contribution in [3.63, 3.8) is 0 Å². The van der Waals surface area contributed by atoms with Gasteiger partial charge in [0.05, 0.1) is 5.56 Å². The fourth-order valence-electron chi connectivity index (χ4n) is 3.66. The van der Waals surface area contributed by atoms with Crippen LogP contribution in [0.15, 0.2) is 53.5 Å². The first-order chi connectivity index (χ1) is 15.1. The predicted octanol–water partition coefficient (Wildman–Crippen LogP) is 3.85. The summed E-state index contributed by atoms with van der Waals surface area (Å²) in [6, 6.07) is 13.1. The number of alkyl halides is 3. The van der Waals surface area contributed by atoms with Crippen LogP contribution in [0.1, 0.15) is 39.9 Å². The summed E-state index contributed by atoms with van der Waals surface area (Å²) in [5.74, 6) is 0.561. The van der Waals surface area contributed by atoms with Gasteiger partial charge in [-0.15, -0.1) is 0 Å². The molecule has 0 saturated heterocycles. The monoisotopic (exact) mass is 446 g/mol. The van der Waals surface area contributed by atoms with Gasteiger partial charge in [-0.1, -0.05) is 30.3 Å². The molecule has 2 N–H and O–H groups in total. The highest BCUT2D eigenvalue weighted by Crippen LogP contribution is 2.48. The average molecular weight is 447 g/mol. The van der Waals surface area contributed by atoms with Crippen molar-refractivity contribution < 1.29 is 18.0 Å². The minimum absolute atomic E-state index is 0.0402. The smallest absolute Gasteiger partial charge is 0.356 e. The second-order valence-corrected chi connectivity index (χ2v) is 8.36. The number of nitrogens with one attached hydrogen (secondary N) is 2. The van der Waals surface area contributed by atoms with Crippen LogP contribution in [0, 0.1) is 0 Å². The Hall–Kier alpha value is -3.03. The quantitative estimate of drug-likeness (QED) is 0.502. The molecule has 0 spiro atoms. The van der Waals surface area contributed by atoms with Crippen LogP contribution in [0.2, 0.25) is 0 Å². The topological polar surface area (TPSA) is 56.7 Å². The number of halogens is 3. The number of carbonyl (C=O) groups is 1. The summed E-state index contributed by atoms with van der Waals surface area (Å²) in [5.41, 5.74) is 1.48. The van der Waals surface area contributed by atoms with E-state index >= 15 is 0 Å². The van der Waals surface area contributed by atoms with Gasteiger partial charge in [-0.2, -0.15) is 13.2 Å². The molecule has 172 valence electrons. The molecule has 1 aliphatic rings. The first-order valence-electron chi connectivity index (χ1n) is 10.6. The number of hydrogen-bond donors (Lipinski definition) is 2. The molecule has 32 heavy (non-hydrogen) atoms. The van der Waals surface area contributed by atoms with Crippen LogP contribution in [-0.2, 0) is 18.0 Å². The van der Waals surface area contributed by atoms with Gasteiger partial charge in [-0.3, -0.25) is 9.79 Å². The Labute approximate surface area is 186 Å². The molecule has 0 unspecified atom stereocenters. The van der Waals surface area contributed by atoms with Crippen LogP contribution in [0.4, 0.5) is 13.2 Å². The Morgan fingerprint density at radius 3 is 2.44 bits per heavy atom. The molecule has 1 fully saturated rings. The Bertz CT molecular complexity index is 981. The Morgan fingerprint density at radius 1 is 1.09 bits per heavy atom. The Balaban J connectivity index is 1.54. The van der Waals surface area contributed by atoms with Crippen LogP contribution < -0.4 is 10.6 Å². The number of amides is 1. The van der Waals surface area contributed by atoms with Crippen LogP contribution in [0.5, 0.6) is 0 Å². The van der Waals surface area contributed by atoms with Crippen LogP contribution >= 0.6 is 0 Å². The molecule has 2 aromatic rings. The second-order valence-electron chi connectivity index (χ2n) is 8.36. The van der Waals surface area contributed by atoms with Crippen molar-refractivity contribution in [3.8, 4) is 0 Å². The highest BCUT2D eigenvalue weighted by Gasteiger charge is 2.45. The molecule has 0 heterocycles. The van der Waals surface area contributed by atoms with Gasteiger partial charge >= 0.3 is 6.18 Å². The zero-order valence-electron chi connectivity index (χ0n) is 18.6. The summed E-state index contributed by atoms with van der Waals surface area (Å²) in [6.45, 7) is 1.12. The van der Waals surface area contributed by atoms with Crippen molar-refractivity contribution >= 4 is 11.9 Å². The molecule has 8 heteroatoms. The third-order valence-corrected chi connectivity index (χ3v) is 5.76. The van der Waals surface area contributed by atoms with E-state index in [2.05, 4.69) is 15.6 Å². The van der Waals surface area contributed by atoms with Crippen molar-refractivity contribution in [2.24, 2.45) is 4.99 Å². The maximum atomic E-state index is 13.1. The minimum Gasteiger partial charge on any atom is -0.356 e. The van der Waals surface area contributed by atoms with Crippen molar-refractivity contribution in [3.05, 3.63) is 70.8 Å². The molecule has 0 aliphatic heterocycles. The lowest BCUT2D eigenvalue weighted by Gasteiger charge is -2.20. The van der Waals surface area contributed by atoms with Gasteiger partial charge < -0.3 is 15.5 Å². The highest BCUT2D eigenvalue weighted by molar-refractivity contribution is 5.94. The Morgan fingerprint density at radius 2 is 1.81 bits per heavy atom. The maximum absolute atomic E-state index is 13.1. The molecule has 5 nitrogen and oxygen atoms in total. The van der Waals surface area contributed by atoms with E-state index in [9.17, 15) is 18.0 Å². The predicted molar refractivity (Wildman–Crippen MR) is 120 cm³/mol. The number of guanidine groups is 1. The van der Waals surface area contributed by atoms with E-state index in [4.69, 9.17) is 0 Å². The molecular weight excluding hydrogens is 417 g/mol. The van der Waals surface area contributed by atoms with Gasteiger partial charge in [0.15, 0.2) is 5.96 Å². The number of aliphatic imine (C=N–C) groups is 1. The van der Waals surface area contributed by atoms with Crippen LogP contribution in [0.3, 0.4) is 0 Å². The third kappa shape index (κ3) is 5.81. The number of rotatable bonds is 7. The largest absolute Gasteiger partial charge is 0.416 e. The number of nitrogens with zero attached hydrogens (tertiary/aromatic N) is 2. The van der Waals surface area contributed by atoms with Crippen LogP contribution in [-0.4, -0.2) is 51.0 Å². The summed E-state index contributed by atoms with van der Waals surface area (Å²) in [7, 11) is 5.10. The van der Waals surface area contributed by atoms with Crippen molar-refractivity contribution in [2.75, 3.05) is 34.2 Å². The van der Waals surface area contributed by atoms with Crippen molar-refractivity contribution in [2.45, 2.75) is 30.9 Å². The van der Waals surface area contributed by atoms with E-state index in [0.29, 0.717) is 36.6 Å². The lowest BCUT2D eigenvalue weighted by Crippen LogP contribution is -2.42. The number of benzene rings is 2. The molecule has 0 radical (unpaired) electrons. The van der Waals surface area contributed by atoms with E-state index in [0.717, 1.165) is 24.5 Å². The molecule has 1 aliphatic carbocycles. The third-order valence-electron chi connectivity index (χ3n) is 5.76. The van der Waals surface area contributed by atoms with E-state index in [1.807, 2.05) is 18.2 Å². The van der Waals surface area contributed by atoms with Crippen molar-refractivity contribution in [1.29, 1.82) is 0 Å². The molecule has 1 saturated carbocycles. The normalized spacial score (nSPS) is 15.2. The molecule has 1 amide bonds. The van der Waals surface area contributed by atoms with Gasteiger partial charge in [0, 0.05) is 45.2 Å². The molecule has 3 rings (SSSR count). The van der Waals surface area contributed by atoms with E-state index in [-0.39, 0.29) is 11.3 Å². The summed E-state index contributed by atoms with van der Waals surface area (Å²) < 4.78 is 39.2. The molecule has 0 atom stereocenters. The van der Waals surface area contributed by atoms with Gasteiger partial charge in [0.25, 0.3) is 5.91 Å². The number of carbonyl (C=O) groups excluding carboxylic acids is 1. The van der Waals surface area contributed by atoms with Gasteiger partial charge in [0.1, 0.15) is 0 Å². The van der Waals surface area contributed by atoms with E-state index in [1.165, 1.54) is 12.1 Å². The first-order valence-corrected chi connectivity index (χ1v) is 10.6. The lowest BCUT2D eigenvalue weighted by molar-refractivity contribution is -0.137. The van der Waals surface area contributed by atoms with E-state index < -0.39 is 11.7 Å². The van der Waals surface area contributed by atoms with Crippen LogP contribution in [0.25, 0.3) is 0 Å². The zero-order chi connectivity index (χ0) is 23.4. The SMILES string of the molecule is CN=C(NCCc1cccc(C(=O)N(C)C)c1)NCC1(c2cccc(C(F)(F)F)c2)CC1. The highest BCUT2D eigenvalue weighted by atomic mass is 19.4. The Kier molecular flexibility index (Phi) is 7.11. The second kappa shape index (κ2) is 9.63. The van der Waals surface area contributed by atoms with E-state index in [1.54, 1.807) is 38.2 Å². The lowest BCUT2D eigenvalue weighted by atomic mass is 9.94. The zero-order valence-corrected chi connectivity index (χ0v) is 18.6. The molecule has 0 aromatic heterocycles. The van der Waals surface area contributed by atoms with Gasteiger partial charge in [-0.05, 0) is 48.6 Å². The first kappa shape index (κ1) is 23.6. The summed E-state index contributed by atoms with van der Waals surface area (Å²) in [4.78, 5) is 17.9. The molecular formula is C24H29F3N4O. The summed E-state index contributed by atoms with van der Waals surface area (Å²) >= 11 is 0. The van der Waals surface area contributed by atoms with Crippen molar-refractivity contribution in [1.82, 2.24) is 15.5 Å². The average Bonchev–Trinajstić information content (AvgIpc) is 3.56.